The first-order valence-corrected chi connectivity index (χ1v) is 4.77. The van der Waals surface area contributed by atoms with Crippen LogP contribution in [0.3, 0.4) is 0 Å². The molecule has 0 spiro atoms. The van der Waals surface area contributed by atoms with Crippen LogP contribution < -0.4 is 0 Å². The lowest BCUT2D eigenvalue weighted by Gasteiger charge is -1.95. The number of epoxide rings is 1. The summed E-state index contributed by atoms with van der Waals surface area (Å²) in [6.07, 6.45) is -0.407. The van der Waals surface area contributed by atoms with Gasteiger partial charge in [-0.15, -0.1) is 0 Å². The van der Waals surface area contributed by atoms with Gasteiger partial charge in [-0.1, -0.05) is 28.1 Å². The topological polar surface area (TPSA) is 60.1 Å². The standard InChI is InChI=1S/C10H5BrN2O/c11-8-3-1-2-7(4-8)9-10(5-12,6-13)14-9/h1-4,9H. The number of halogens is 1. The van der Waals surface area contributed by atoms with Gasteiger partial charge >= 0.3 is 0 Å². The predicted molar refractivity (Wildman–Crippen MR) is 51.9 cm³/mol. The first-order chi connectivity index (χ1) is 6.72. The van der Waals surface area contributed by atoms with Gasteiger partial charge in [0.05, 0.1) is 0 Å². The molecule has 0 amide bonds. The summed E-state index contributed by atoms with van der Waals surface area (Å²) >= 11 is 3.32. The minimum atomic E-state index is -1.26. The van der Waals surface area contributed by atoms with Gasteiger partial charge in [0, 0.05) is 4.47 Å². The third-order valence-corrected chi connectivity index (χ3v) is 2.59. The van der Waals surface area contributed by atoms with Gasteiger partial charge in [0.25, 0.3) is 5.60 Å². The number of hydrogen-bond donors (Lipinski definition) is 0. The van der Waals surface area contributed by atoms with E-state index in [1.54, 1.807) is 0 Å². The molecule has 1 aliphatic heterocycles. The zero-order valence-electron chi connectivity index (χ0n) is 7.07. The molecule has 1 aromatic rings. The number of ether oxygens (including phenoxy) is 1. The van der Waals surface area contributed by atoms with Gasteiger partial charge in [0.15, 0.2) is 0 Å². The maximum atomic E-state index is 8.75. The number of hydrogen-bond acceptors (Lipinski definition) is 3. The van der Waals surface area contributed by atoms with E-state index in [0.717, 1.165) is 10.0 Å². The highest BCUT2D eigenvalue weighted by molar-refractivity contribution is 9.10. The summed E-state index contributed by atoms with van der Waals surface area (Å²) in [7, 11) is 0. The van der Waals surface area contributed by atoms with Crippen molar-refractivity contribution in [1.29, 1.82) is 10.5 Å². The van der Waals surface area contributed by atoms with Gasteiger partial charge < -0.3 is 4.74 Å². The normalized spacial score (nSPS) is 22.1. The zero-order chi connectivity index (χ0) is 10.2. The molecule has 1 atom stereocenters. The van der Waals surface area contributed by atoms with Crippen molar-refractivity contribution in [3.63, 3.8) is 0 Å². The van der Waals surface area contributed by atoms with Crippen molar-refractivity contribution in [3.8, 4) is 12.1 Å². The van der Waals surface area contributed by atoms with Crippen molar-refractivity contribution in [2.24, 2.45) is 0 Å². The molecule has 1 unspecified atom stereocenters. The number of rotatable bonds is 1. The SMILES string of the molecule is N#CC1(C#N)OC1c1cccc(Br)c1. The second-order valence-corrected chi connectivity index (χ2v) is 3.93. The molecule has 1 heterocycles. The van der Waals surface area contributed by atoms with Crippen LogP contribution in [0.1, 0.15) is 11.7 Å². The van der Waals surface area contributed by atoms with Crippen molar-refractivity contribution in [3.05, 3.63) is 34.3 Å². The van der Waals surface area contributed by atoms with Gasteiger partial charge in [0.2, 0.25) is 0 Å². The van der Waals surface area contributed by atoms with Crippen molar-refractivity contribution >= 4 is 15.9 Å². The quantitative estimate of drug-likeness (QED) is 0.717. The first-order valence-electron chi connectivity index (χ1n) is 3.97. The lowest BCUT2D eigenvalue weighted by atomic mass is 10.0. The molecule has 2 rings (SSSR count). The van der Waals surface area contributed by atoms with Crippen LogP contribution in [0.2, 0.25) is 0 Å². The Morgan fingerprint density at radius 1 is 1.36 bits per heavy atom. The van der Waals surface area contributed by atoms with E-state index in [0.29, 0.717) is 0 Å². The lowest BCUT2D eigenvalue weighted by molar-refractivity contribution is 0.369. The van der Waals surface area contributed by atoms with Crippen molar-refractivity contribution in [2.75, 3.05) is 0 Å². The molecule has 0 aliphatic carbocycles. The van der Waals surface area contributed by atoms with Crippen LogP contribution in [0.5, 0.6) is 0 Å². The van der Waals surface area contributed by atoms with E-state index in [-0.39, 0.29) is 0 Å². The molecule has 1 aliphatic rings. The largest absolute Gasteiger partial charge is 0.332 e. The lowest BCUT2D eigenvalue weighted by Crippen LogP contribution is -2.04. The van der Waals surface area contributed by atoms with Gasteiger partial charge in [-0.05, 0) is 17.7 Å². The molecule has 14 heavy (non-hydrogen) atoms. The molecule has 0 bridgehead atoms. The molecule has 1 fully saturated rings. The Morgan fingerprint density at radius 2 is 2.07 bits per heavy atom. The van der Waals surface area contributed by atoms with E-state index in [9.17, 15) is 0 Å². The molecule has 0 saturated carbocycles. The zero-order valence-corrected chi connectivity index (χ0v) is 8.65. The molecular weight excluding hydrogens is 244 g/mol. The summed E-state index contributed by atoms with van der Waals surface area (Å²) < 4.78 is 6.01. The molecular formula is C10H5BrN2O. The fourth-order valence-electron chi connectivity index (χ4n) is 1.32. The fourth-order valence-corrected chi connectivity index (χ4v) is 1.74. The van der Waals surface area contributed by atoms with Crippen LogP contribution >= 0.6 is 15.9 Å². The Labute approximate surface area is 89.7 Å². The highest BCUT2D eigenvalue weighted by Crippen LogP contribution is 2.48. The molecule has 0 radical (unpaired) electrons. The van der Waals surface area contributed by atoms with Gasteiger partial charge in [-0.2, -0.15) is 10.5 Å². The molecule has 3 nitrogen and oxygen atoms in total. The maximum Gasteiger partial charge on any atom is 0.272 e. The average molecular weight is 249 g/mol. The Hall–Kier alpha value is -1.36. The summed E-state index contributed by atoms with van der Waals surface area (Å²) in [6, 6.07) is 11.2. The average Bonchev–Trinajstić information content (AvgIpc) is 2.93. The number of nitrogens with zero attached hydrogens (tertiary/aromatic N) is 2. The van der Waals surface area contributed by atoms with Gasteiger partial charge in [0.1, 0.15) is 18.2 Å². The van der Waals surface area contributed by atoms with Crippen molar-refractivity contribution in [2.45, 2.75) is 11.7 Å². The minimum Gasteiger partial charge on any atom is -0.332 e. The first kappa shape index (κ1) is 9.21. The van der Waals surface area contributed by atoms with Crippen LogP contribution in [-0.2, 0) is 4.74 Å². The maximum absolute atomic E-state index is 8.75. The molecule has 1 saturated heterocycles. The van der Waals surface area contributed by atoms with Gasteiger partial charge in [-0.3, -0.25) is 0 Å². The van der Waals surface area contributed by atoms with Gasteiger partial charge in [-0.25, -0.2) is 0 Å². The van der Waals surface area contributed by atoms with Crippen LogP contribution in [0.4, 0.5) is 0 Å². The third-order valence-electron chi connectivity index (χ3n) is 2.10. The van der Waals surface area contributed by atoms with E-state index in [1.807, 2.05) is 36.4 Å². The molecule has 68 valence electrons. The molecule has 0 N–H and O–H groups in total. The molecule has 4 heteroatoms. The Balaban J connectivity index is 2.31. The van der Waals surface area contributed by atoms with E-state index in [2.05, 4.69) is 15.9 Å². The second kappa shape index (κ2) is 3.09. The van der Waals surface area contributed by atoms with E-state index in [1.165, 1.54) is 0 Å². The predicted octanol–water partition coefficient (Wildman–Crippen LogP) is 2.31. The van der Waals surface area contributed by atoms with Crippen LogP contribution in [0.25, 0.3) is 0 Å². The molecule has 0 aromatic heterocycles. The second-order valence-electron chi connectivity index (χ2n) is 3.01. The van der Waals surface area contributed by atoms with Crippen LogP contribution in [0.15, 0.2) is 28.7 Å². The van der Waals surface area contributed by atoms with E-state index < -0.39 is 11.7 Å². The smallest absolute Gasteiger partial charge is 0.272 e. The van der Waals surface area contributed by atoms with Crippen LogP contribution in [-0.4, -0.2) is 5.60 Å². The summed E-state index contributed by atoms with van der Waals surface area (Å²) in [4.78, 5) is 0. The highest BCUT2D eigenvalue weighted by Gasteiger charge is 2.59. The summed E-state index contributed by atoms with van der Waals surface area (Å²) in [5.74, 6) is 0. The number of benzene rings is 1. The Morgan fingerprint density at radius 3 is 2.57 bits per heavy atom. The Bertz CT molecular complexity index is 444. The van der Waals surface area contributed by atoms with E-state index >= 15 is 0 Å². The van der Waals surface area contributed by atoms with E-state index in [4.69, 9.17) is 15.3 Å². The fraction of sp³-hybridized carbons (Fsp3) is 0.200. The van der Waals surface area contributed by atoms with Crippen molar-refractivity contribution in [1.82, 2.24) is 0 Å². The minimum absolute atomic E-state index is 0.407. The molecule has 1 aromatic carbocycles. The monoisotopic (exact) mass is 248 g/mol. The third kappa shape index (κ3) is 1.29. The summed E-state index contributed by atoms with van der Waals surface area (Å²) in [5, 5.41) is 17.5. The Kier molecular flexibility index (Phi) is 2.03. The summed E-state index contributed by atoms with van der Waals surface area (Å²) in [6.45, 7) is 0. The van der Waals surface area contributed by atoms with Crippen molar-refractivity contribution < 1.29 is 4.74 Å². The van der Waals surface area contributed by atoms with Crippen LogP contribution in [0, 0.1) is 22.7 Å². The highest BCUT2D eigenvalue weighted by atomic mass is 79.9. The number of nitriles is 2. The summed E-state index contributed by atoms with van der Waals surface area (Å²) in [5.41, 5.74) is -0.414.